The molecule has 0 aliphatic carbocycles. The van der Waals surface area contributed by atoms with E-state index in [0.717, 1.165) is 11.1 Å². The van der Waals surface area contributed by atoms with E-state index in [9.17, 15) is 9.59 Å². The van der Waals surface area contributed by atoms with Crippen molar-refractivity contribution in [1.29, 1.82) is 0 Å². The molecule has 2 amide bonds. The molecular formula is C23H24N6O3. The third-order valence-corrected chi connectivity index (χ3v) is 5.87. The maximum absolute atomic E-state index is 12.9. The maximum atomic E-state index is 12.9. The minimum Gasteiger partial charge on any atom is -0.490 e. The summed E-state index contributed by atoms with van der Waals surface area (Å²) in [6.45, 7) is 2.27. The Hall–Kier alpha value is -3.72. The number of pyridine rings is 1. The van der Waals surface area contributed by atoms with Crippen molar-refractivity contribution in [3.63, 3.8) is 0 Å². The number of benzene rings is 1. The summed E-state index contributed by atoms with van der Waals surface area (Å²) in [7, 11) is 1.87. The van der Waals surface area contributed by atoms with Crippen LogP contribution in [0.3, 0.4) is 0 Å². The molecule has 0 saturated carbocycles. The van der Waals surface area contributed by atoms with Gasteiger partial charge in [0.15, 0.2) is 0 Å². The highest BCUT2D eigenvalue weighted by molar-refractivity contribution is 5.95. The Labute approximate surface area is 185 Å². The van der Waals surface area contributed by atoms with E-state index >= 15 is 0 Å². The maximum Gasteiger partial charge on any atom is 0.255 e. The average Bonchev–Trinajstić information content (AvgIpc) is 3.26. The highest BCUT2D eigenvalue weighted by Crippen LogP contribution is 2.32. The minimum atomic E-state index is -0.0999. The molecule has 1 aromatic carbocycles. The minimum absolute atomic E-state index is 0.0522. The van der Waals surface area contributed by atoms with E-state index in [1.165, 1.54) is 0 Å². The topological polar surface area (TPSA) is 92.6 Å². The first-order valence-corrected chi connectivity index (χ1v) is 10.6. The van der Waals surface area contributed by atoms with Gasteiger partial charge < -0.3 is 15.0 Å². The van der Waals surface area contributed by atoms with Crippen LogP contribution in [-0.2, 0) is 11.8 Å². The lowest BCUT2D eigenvalue weighted by atomic mass is 10.1. The number of amides is 2. The van der Waals surface area contributed by atoms with E-state index in [1.54, 1.807) is 35.4 Å². The molecule has 2 aromatic heterocycles. The van der Waals surface area contributed by atoms with Gasteiger partial charge in [-0.3, -0.25) is 24.2 Å². The number of hydrogen-bond donors (Lipinski definition) is 1. The summed E-state index contributed by atoms with van der Waals surface area (Å²) < 4.78 is 7.87. The number of anilines is 1. The lowest BCUT2D eigenvalue weighted by molar-refractivity contribution is -0.118. The second kappa shape index (κ2) is 8.43. The van der Waals surface area contributed by atoms with E-state index in [4.69, 9.17) is 4.74 Å². The fourth-order valence-electron chi connectivity index (χ4n) is 4.18. The Morgan fingerprint density at radius 1 is 1.19 bits per heavy atom. The van der Waals surface area contributed by atoms with Crippen LogP contribution in [0.2, 0.25) is 0 Å². The number of ether oxygens (including phenoxy) is 1. The Morgan fingerprint density at radius 2 is 2.09 bits per heavy atom. The molecule has 9 nitrogen and oxygen atoms in total. The van der Waals surface area contributed by atoms with Gasteiger partial charge in [0.1, 0.15) is 12.4 Å². The number of hydrogen-bond acceptors (Lipinski definition) is 6. The number of rotatable bonds is 2. The molecule has 9 heteroatoms. The molecule has 2 aliphatic heterocycles. The van der Waals surface area contributed by atoms with E-state index in [-0.39, 0.29) is 24.4 Å². The molecule has 0 bridgehead atoms. The number of aryl methyl sites for hydroxylation is 1. The van der Waals surface area contributed by atoms with E-state index in [0.29, 0.717) is 43.2 Å². The SMILES string of the molecule is Cn1cc(-c2ccc3c(c2)NC(=O)CN2CCN(C(=O)c4cccnc4)C[C@H]2CO3)cn1. The van der Waals surface area contributed by atoms with Crippen LogP contribution in [-0.4, -0.2) is 75.2 Å². The zero-order chi connectivity index (χ0) is 22.1. The van der Waals surface area contributed by atoms with Crippen LogP contribution >= 0.6 is 0 Å². The molecule has 1 saturated heterocycles. The standard InChI is InChI=1S/C23H24N6O3/c1-27-12-18(11-25-27)16-4-5-21-20(9-16)26-22(30)14-28-7-8-29(13-19(28)15-32-21)23(31)17-3-2-6-24-10-17/h2-6,9-12,19H,7-8,13-15H2,1H3,(H,26,30)/t19-/m0/s1. The van der Waals surface area contributed by atoms with Crippen LogP contribution in [0.4, 0.5) is 5.69 Å². The van der Waals surface area contributed by atoms with Crippen molar-refractivity contribution >= 4 is 17.5 Å². The smallest absolute Gasteiger partial charge is 0.255 e. The zero-order valence-electron chi connectivity index (χ0n) is 17.8. The molecule has 1 fully saturated rings. The molecule has 32 heavy (non-hydrogen) atoms. The van der Waals surface area contributed by atoms with Gasteiger partial charge in [-0.05, 0) is 29.8 Å². The van der Waals surface area contributed by atoms with Gasteiger partial charge in [0, 0.05) is 50.8 Å². The van der Waals surface area contributed by atoms with Crippen molar-refractivity contribution in [2.45, 2.75) is 6.04 Å². The number of carbonyl (C=O) groups excluding carboxylic acids is 2. The summed E-state index contributed by atoms with van der Waals surface area (Å²) in [6.07, 6.45) is 6.94. The molecule has 0 spiro atoms. The Bertz CT molecular complexity index is 1150. The quantitative estimate of drug-likeness (QED) is 0.662. The molecule has 3 aromatic rings. The Balaban J connectivity index is 1.36. The van der Waals surface area contributed by atoms with E-state index in [1.807, 2.05) is 36.3 Å². The van der Waals surface area contributed by atoms with E-state index < -0.39 is 0 Å². The number of aromatic nitrogens is 3. The van der Waals surface area contributed by atoms with Crippen molar-refractivity contribution in [3.05, 3.63) is 60.7 Å². The van der Waals surface area contributed by atoms with Gasteiger partial charge in [0.2, 0.25) is 5.91 Å². The van der Waals surface area contributed by atoms with Crippen LogP contribution in [0.25, 0.3) is 11.1 Å². The normalized spacial score (nSPS) is 19.0. The molecule has 0 unspecified atom stereocenters. The van der Waals surface area contributed by atoms with Crippen LogP contribution in [0.1, 0.15) is 10.4 Å². The van der Waals surface area contributed by atoms with Gasteiger partial charge in [-0.2, -0.15) is 5.10 Å². The van der Waals surface area contributed by atoms with Crippen LogP contribution in [0.15, 0.2) is 55.1 Å². The van der Waals surface area contributed by atoms with Gasteiger partial charge >= 0.3 is 0 Å². The second-order valence-electron chi connectivity index (χ2n) is 8.09. The van der Waals surface area contributed by atoms with Crippen LogP contribution in [0.5, 0.6) is 5.75 Å². The van der Waals surface area contributed by atoms with Gasteiger partial charge in [0.05, 0.1) is 30.0 Å². The summed E-state index contributed by atoms with van der Waals surface area (Å²) in [6, 6.07) is 9.18. The first kappa shape index (κ1) is 20.2. The number of nitrogens with one attached hydrogen (secondary N) is 1. The predicted octanol–water partition coefficient (Wildman–Crippen LogP) is 1.64. The second-order valence-corrected chi connectivity index (χ2v) is 8.09. The lowest BCUT2D eigenvalue weighted by Crippen LogP contribution is -2.57. The summed E-state index contributed by atoms with van der Waals surface area (Å²) in [5, 5.41) is 7.21. The fraction of sp³-hybridized carbons (Fsp3) is 0.304. The third-order valence-electron chi connectivity index (χ3n) is 5.87. The monoisotopic (exact) mass is 432 g/mol. The summed E-state index contributed by atoms with van der Waals surface area (Å²) in [5.41, 5.74) is 3.12. The summed E-state index contributed by atoms with van der Waals surface area (Å²) in [5.74, 6) is 0.462. The predicted molar refractivity (Wildman–Crippen MR) is 118 cm³/mol. The number of piperazine rings is 1. The van der Waals surface area contributed by atoms with Gasteiger partial charge in [-0.15, -0.1) is 0 Å². The third kappa shape index (κ3) is 4.06. The zero-order valence-corrected chi connectivity index (χ0v) is 17.8. The van der Waals surface area contributed by atoms with Crippen molar-refractivity contribution in [2.24, 2.45) is 7.05 Å². The summed E-state index contributed by atoms with van der Waals surface area (Å²) >= 11 is 0. The van der Waals surface area contributed by atoms with Crippen LogP contribution in [0, 0.1) is 0 Å². The molecular weight excluding hydrogens is 408 g/mol. The highest BCUT2D eigenvalue weighted by atomic mass is 16.5. The number of fused-ring (bicyclic) bond motifs is 2. The molecule has 1 N–H and O–H groups in total. The Morgan fingerprint density at radius 3 is 2.88 bits per heavy atom. The average molecular weight is 432 g/mol. The fourth-order valence-corrected chi connectivity index (χ4v) is 4.18. The first-order valence-electron chi connectivity index (χ1n) is 10.6. The molecule has 1 atom stereocenters. The van der Waals surface area contributed by atoms with Gasteiger partial charge in [-0.25, -0.2) is 0 Å². The Kier molecular flexibility index (Phi) is 5.32. The van der Waals surface area contributed by atoms with Crippen molar-refractivity contribution in [1.82, 2.24) is 24.6 Å². The highest BCUT2D eigenvalue weighted by Gasteiger charge is 2.33. The van der Waals surface area contributed by atoms with Crippen molar-refractivity contribution in [2.75, 3.05) is 38.1 Å². The van der Waals surface area contributed by atoms with Crippen molar-refractivity contribution in [3.8, 4) is 16.9 Å². The van der Waals surface area contributed by atoms with Crippen LogP contribution < -0.4 is 10.1 Å². The molecule has 0 radical (unpaired) electrons. The molecule has 164 valence electrons. The molecule has 5 rings (SSSR count). The van der Waals surface area contributed by atoms with Crippen molar-refractivity contribution < 1.29 is 14.3 Å². The molecule has 2 aliphatic rings. The van der Waals surface area contributed by atoms with Gasteiger partial charge in [0.25, 0.3) is 5.91 Å². The molecule has 4 heterocycles. The van der Waals surface area contributed by atoms with Gasteiger partial charge in [-0.1, -0.05) is 6.07 Å². The number of carbonyl (C=O) groups is 2. The summed E-state index contributed by atoms with van der Waals surface area (Å²) in [4.78, 5) is 33.6. The number of nitrogens with zero attached hydrogens (tertiary/aromatic N) is 5. The largest absolute Gasteiger partial charge is 0.490 e. The first-order chi connectivity index (χ1) is 15.6. The van der Waals surface area contributed by atoms with E-state index in [2.05, 4.69) is 20.3 Å². The lowest BCUT2D eigenvalue weighted by Gasteiger charge is -2.40.